The van der Waals surface area contributed by atoms with Crippen molar-refractivity contribution >= 4 is 5.91 Å². The van der Waals surface area contributed by atoms with Crippen LogP contribution < -0.4 is 0 Å². The van der Waals surface area contributed by atoms with Gasteiger partial charge in [-0.3, -0.25) is 4.79 Å². The Morgan fingerprint density at radius 2 is 1.00 bits per heavy atom. The number of allylic oxidation sites excluding steroid dienone is 4. The molecule has 1 amide bonds. The van der Waals surface area contributed by atoms with E-state index in [9.17, 15) is 4.79 Å². The second-order valence-corrected chi connectivity index (χ2v) is 11.1. The van der Waals surface area contributed by atoms with Gasteiger partial charge in [0.15, 0.2) is 0 Å². The number of nitrogens with zero attached hydrogens (tertiary/aromatic N) is 1. The van der Waals surface area contributed by atoms with Crippen LogP contribution in [0.3, 0.4) is 0 Å². The largest absolute Gasteiger partial charge is 0.343 e. The maximum Gasteiger partial charge on any atom is 0.222 e. The van der Waals surface area contributed by atoms with E-state index in [-0.39, 0.29) is 0 Å². The molecule has 1 aliphatic heterocycles. The van der Waals surface area contributed by atoms with E-state index in [2.05, 4.69) is 38.2 Å². The second-order valence-electron chi connectivity index (χ2n) is 11.1. The predicted molar refractivity (Wildman–Crippen MR) is 151 cm³/mol. The highest BCUT2D eigenvalue weighted by molar-refractivity contribution is 5.76. The molecular formula is C32H59NO. The van der Waals surface area contributed by atoms with Gasteiger partial charge in [0.25, 0.3) is 0 Å². The summed E-state index contributed by atoms with van der Waals surface area (Å²) in [5, 5.41) is 0. The third kappa shape index (κ3) is 20.3. The number of hydrogen-bond acceptors (Lipinski definition) is 1. The second kappa shape index (κ2) is 23.7. The lowest BCUT2D eigenvalue weighted by Gasteiger charge is -2.14. The van der Waals surface area contributed by atoms with Crippen LogP contribution >= 0.6 is 0 Å². The molecule has 0 bridgehead atoms. The van der Waals surface area contributed by atoms with E-state index in [0.29, 0.717) is 5.91 Å². The molecule has 0 aromatic carbocycles. The first-order chi connectivity index (χ1) is 16.7. The highest BCUT2D eigenvalue weighted by Gasteiger charge is 2.16. The molecule has 0 atom stereocenters. The minimum Gasteiger partial charge on any atom is -0.343 e. The summed E-state index contributed by atoms with van der Waals surface area (Å²) in [6.45, 7) is 6.65. The van der Waals surface area contributed by atoms with Gasteiger partial charge in [-0.1, -0.05) is 122 Å². The molecule has 0 aliphatic carbocycles. The van der Waals surface area contributed by atoms with E-state index in [1.807, 2.05) is 4.90 Å². The zero-order valence-corrected chi connectivity index (χ0v) is 23.2. The van der Waals surface area contributed by atoms with Crippen molar-refractivity contribution in [2.45, 2.75) is 155 Å². The quantitative estimate of drug-likeness (QED) is 0.107. The lowest BCUT2D eigenvalue weighted by Crippen LogP contribution is -2.27. The Balaban J connectivity index is 1.72. The van der Waals surface area contributed by atoms with Gasteiger partial charge in [-0.05, 0) is 57.3 Å². The van der Waals surface area contributed by atoms with Crippen molar-refractivity contribution in [3.63, 3.8) is 0 Å². The van der Waals surface area contributed by atoms with Crippen molar-refractivity contribution in [1.82, 2.24) is 4.90 Å². The van der Waals surface area contributed by atoms with Gasteiger partial charge < -0.3 is 4.90 Å². The fourth-order valence-corrected chi connectivity index (χ4v) is 4.92. The van der Waals surface area contributed by atoms with Gasteiger partial charge in [-0.2, -0.15) is 0 Å². The third-order valence-corrected chi connectivity index (χ3v) is 7.21. The van der Waals surface area contributed by atoms with E-state index in [1.54, 1.807) is 0 Å². The summed E-state index contributed by atoms with van der Waals surface area (Å²) in [7, 11) is 0. The molecule has 0 unspecified atom stereocenters. The van der Waals surface area contributed by atoms with Gasteiger partial charge in [0.05, 0.1) is 0 Å². The topological polar surface area (TPSA) is 20.3 Å². The minimum absolute atomic E-state index is 0.363. The number of unbranched alkanes of at least 4 members (excludes halogenated alkanes) is 15. The normalized spacial score (nSPS) is 14.4. The Bertz CT molecular complexity index is 501. The van der Waals surface area contributed by atoms with Gasteiger partial charge in [0.1, 0.15) is 0 Å². The molecule has 1 saturated heterocycles. The predicted octanol–water partition coefficient (Wildman–Crippen LogP) is 10.2. The molecule has 1 fully saturated rings. The Morgan fingerprint density at radius 3 is 1.50 bits per heavy atom. The molecule has 1 heterocycles. The van der Waals surface area contributed by atoms with Crippen LogP contribution in [0.5, 0.6) is 0 Å². The lowest BCUT2D eigenvalue weighted by molar-refractivity contribution is -0.130. The SMILES string of the molecule is CC(C)CCCCCCCCCCCCCCCC=CCCC=CCCCC(=O)N1CCCC1. The molecule has 0 radical (unpaired) electrons. The highest BCUT2D eigenvalue weighted by Crippen LogP contribution is 2.15. The van der Waals surface area contributed by atoms with Crippen LogP contribution in [0.2, 0.25) is 0 Å². The van der Waals surface area contributed by atoms with E-state index in [4.69, 9.17) is 0 Å². The van der Waals surface area contributed by atoms with Gasteiger partial charge in [-0.25, -0.2) is 0 Å². The van der Waals surface area contributed by atoms with Crippen molar-refractivity contribution < 1.29 is 4.79 Å². The Hall–Kier alpha value is -1.05. The van der Waals surface area contributed by atoms with Crippen LogP contribution in [0.25, 0.3) is 0 Å². The molecule has 34 heavy (non-hydrogen) atoms. The first-order valence-corrected chi connectivity index (χ1v) is 15.3. The van der Waals surface area contributed by atoms with Gasteiger partial charge in [0, 0.05) is 19.5 Å². The molecule has 0 saturated carbocycles. The number of rotatable bonds is 23. The standard InChI is InChI=1S/C32H59NO/c1-31(2)27-23-21-19-17-15-13-11-9-7-5-3-4-6-8-10-12-14-16-18-20-22-24-28-32(34)33-29-25-26-30-33/h10,12,18,20,31H,3-9,11,13-17,19,21-30H2,1-2H3. The maximum absolute atomic E-state index is 12.0. The lowest BCUT2D eigenvalue weighted by atomic mass is 10.0. The molecule has 1 rings (SSSR count). The molecule has 1 aliphatic rings. The molecular weight excluding hydrogens is 414 g/mol. The summed E-state index contributed by atoms with van der Waals surface area (Å²) in [6.07, 6.45) is 38.1. The smallest absolute Gasteiger partial charge is 0.222 e. The fraction of sp³-hybridized carbons (Fsp3) is 0.844. The maximum atomic E-state index is 12.0. The Labute approximate surface area is 214 Å². The van der Waals surface area contributed by atoms with E-state index in [1.165, 1.54) is 109 Å². The van der Waals surface area contributed by atoms with Crippen molar-refractivity contribution in [1.29, 1.82) is 0 Å². The summed E-state index contributed by atoms with van der Waals surface area (Å²) >= 11 is 0. The fourth-order valence-electron chi connectivity index (χ4n) is 4.92. The average Bonchev–Trinajstić information content (AvgIpc) is 3.37. The first kappa shape index (κ1) is 31.0. The van der Waals surface area contributed by atoms with Crippen molar-refractivity contribution in [3.05, 3.63) is 24.3 Å². The minimum atomic E-state index is 0.363. The van der Waals surface area contributed by atoms with Crippen LogP contribution in [-0.4, -0.2) is 23.9 Å². The van der Waals surface area contributed by atoms with Gasteiger partial charge in [-0.15, -0.1) is 0 Å². The van der Waals surface area contributed by atoms with Crippen LogP contribution in [-0.2, 0) is 4.79 Å². The van der Waals surface area contributed by atoms with Crippen molar-refractivity contribution in [3.8, 4) is 0 Å². The molecule has 2 nitrogen and oxygen atoms in total. The zero-order chi connectivity index (χ0) is 24.5. The van der Waals surface area contributed by atoms with Crippen LogP contribution in [0, 0.1) is 5.92 Å². The van der Waals surface area contributed by atoms with Crippen LogP contribution in [0.4, 0.5) is 0 Å². The van der Waals surface area contributed by atoms with Gasteiger partial charge in [0.2, 0.25) is 5.91 Å². The van der Waals surface area contributed by atoms with E-state index >= 15 is 0 Å². The number of carbonyl (C=O) groups excluding carboxylic acids is 1. The monoisotopic (exact) mass is 473 g/mol. The van der Waals surface area contributed by atoms with Crippen LogP contribution in [0.15, 0.2) is 24.3 Å². The number of carbonyl (C=O) groups is 1. The number of hydrogen-bond donors (Lipinski definition) is 0. The summed E-state index contributed by atoms with van der Waals surface area (Å²) in [6, 6.07) is 0. The Kier molecular flexibility index (Phi) is 21.6. The number of likely N-dealkylation sites (tertiary alicyclic amines) is 1. The molecule has 0 spiro atoms. The van der Waals surface area contributed by atoms with Crippen molar-refractivity contribution in [2.75, 3.05) is 13.1 Å². The molecule has 2 heteroatoms. The van der Waals surface area contributed by atoms with E-state index in [0.717, 1.165) is 51.1 Å². The summed E-state index contributed by atoms with van der Waals surface area (Å²) in [5.74, 6) is 1.25. The first-order valence-electron chi connectivity index (χ1n) is 15.3. The summed E-state index contributed by atoms with van der Waals surface area (Å²) < 4.78 is 0. The average molecular weight is 474 g/mol. The van der Waals surface area contributed by atoms with Crippen molar-refractivity contribution in [2.24, 2.45) is 5.92 Å². The van der Waals surface area contributed by atoms with E-state index < -0.39 is 0 Å². The Morgan fingerprint density at radius 1 is 0.588 bits per heavy atom. The highest BCUT2D eigenvalue weighted by atomic mass is 16.2. The van der Waals surface area contributed by atoms with Crippen LogP contribution in [0.1, 0.15) is 155 Å². The summed E-state index contributed by atoms with van der Waals surface area (Å²) in [4.78, 5) is 14.0. The van der Waals surface area contributed by atoms with Gasteiger partial charge >= 0.3 is 0 Å². The summed E-state index contributed by atoms with van der Waals surface area (Å²) in [5.41, 5.74) is 0. The third-order valence-electron chi connectivity index (χ3n) is 7.21. The molecule has 0 aromatic heterocycles. The number of amides is 1. The molecule has 198 valence electrons. The molecule has 0 aromatic rings. The zero-order valence-electron chi connectivity index (χ0n) is 23.2. The molecule has 0 N–H and O–H groups in total.